The summed E-state index contributed by atoms with van der Waals surface area (Å²) >= 11 is 0. The van der Waals surface area contributed by atoms with Crippen molar-refractivity contribution in [1.82, 2.24) is 5.32 Å². The van der Waals surface area contributed by atoms with E-state index >= 15 is 0 Å². The molecule has 0 fully saturated rings. The molecule has 0 radical (unpaired) electrons. The molecule has 0 spiro atoms. The Morgan fingerprint density at radius 2 is 1.94 bits per heavy atom. The van der Waals surface area contributed by atoms with Gasteiger partial charge in [0.25, 0.3) is 0 Å². The Bertz CT molecular complexity index is 387. The maximum absolute atomic E-state index is 11.9. The van der Waals surface area contributed by atoms with Gasteiger partial charge in [-0.3, -0.25) is 0 Å². The third-order valence-corrected chi connectivity index (χ3v) is 3.42. The average molecular weight is 257 g/mol. The van der Waals surface area contributed by atoms with Crippen molar-refractivity contribution in [3.05, 3.63) is 35.4 Å². The quantitative estimate of drug-likeness (QED) is 0.767. The highest BCUT2D eigenvalue weighted by atomic mass is 19.4. The third kappa shape index (κ3) is 3.73. The van der Waals surface area contributed by atoms with Gasteiger partial charge in [0.2, 0.25) is 0 Å². The molecule has 0 saturated carbocycles. The molecule has 0 heterocycles. The maximum Gasteiger partial charge on any atom is 0.389 e. The predicted molar refractivity (Wildman–Crippen MR) is 65.7 cm³/mol. The van der Waals surface area contributed by atoms with E-state index in [1.54, 1.807) is 0 Å². The molecule has 18 heavy (non-hydrogen) atoms. The number of halogens is 3. The van der Waals surface area contributed by atoms with Crippen molar-refractivity contribution >= 4 is 0 Å². The van der Waals surface area contributed by atoms with E-state index in [0.29, 0.717) is 18.9 Å². The minimum Gasteiger partial charge on any atom is -0.316 e. The molecule has 0 aliphatic heterocycles. The zero-order valence-corrected chi connectivity index (χ0v) is 10.3. The lowest BCUT2D eigenvalue weighted by molar-refractivity contribution is -0.135. The lowest BCUT2D eigenvalue weighted by atomic mass is 9.77. The van der Waals surface area contributed by atoms with Gasteiger partial charge in [0.1, 0.15) is 0 Å². The summed E-state index contributed by atoms with van der Waals surface area (Å²) in [6.45, 7) is 1.55. The molecular formula is C14H18F3N. The van der Waals surface area contributed by atoms with Crippen molar-refractivity contribution in [1.29, 1.82) is 0 Å². The highest BCUT2D eigenvalue weighted by molar-refractivity contribution is 5.40. The molecule has 2 rings (SSSR count). The van der Waals surface area contributed by atoms with E-state index in [4.69, 9.17) is 0 Å². The Hall–Kier alpha value is -1.03. The van der Waals surface area contributed by atoms with Crippen LogP contribution < -0.4 is 5.32 Å². The number of fused-ring (bicyclic) bond motifs is 1. The van der Waals surface area contributed by atoms with Crippen molar-refractivity contribution < 1.29 is 13.2 Å². The fourth-order valence-electron chi connectivity index (χ4n) is 2.40. The molecule has 1 atom stereocenters. The smallest absolute Gasteiger partial charge is 0.316 e. The number of unbranched alkanes of at least 4 members (excludes halogenated alkanes) is 1. The first kappa shape index (κ1) is 13.4. The molecule has 4 heteroatoms. The van der Waals surface area contributed by atoms with Gasteiger partial charge in [-0.15, -0.1) is 0 Å². The fourth-order valence-corrected chi connectivity index (χ4v) is 2.40. The van der Waals surface area contributed by atoms with Crippen LogP contribution in [0.1, 0.15) is 36.3 Å². The largest absolute Gasteiger partial charge is 0.389 e. The van der Waals surface area contributed by atoms with Crippen LogP contribution in [-0.4, -0.2) is 19.3 Å². The van der Waals surface area contributed by atoms with Crippen molar-refractivity contribution in [3.8, 4) is 0 Å². The van der Waals surface area contributed by atoms with Crippen LogP contribution in [0.15, 0.2) is 24.3 Å². The highest BCUT2D eigenvalue weighted by Crippen LogP contribution is 2.33. The Labute approximate surface area is 105 Å². The Kier molecular flexibility index (Phi) is 4.27. The van der Waals surface area contributed by atoms with E-state index in [1.165, 1.54) is 11.1 Å². The molecule has 1 N–H and O–H groups in total. The average Bonchev–Trinajstić information content (AvgIpc) is 2.27. The second kappa shape index (κ2) is 5.74. The summed E-state index contributed by atoms with van der Waals surface area (Å²) < 4.78 is 35.7. The van der Waals surface area contributed by atoms with Crippen LogP contribution >= 0.6 is 0 Å². The first-order chi connectivity index (χ1) is 8.56. The first-order valence-electron chi connectivity index (χ1n) is 6.41. The summed E-state index contributed by atoms with van der Waals surface area (Å²) in [6, 6.07) is 8.35. The number of hydrogen-bond acceptors (Lipinski definition) is 1. The second-order valence-electron chi connectivity index (χ2n) is 4.88. The number of alkyl halides is 3. The molecule has 0 saturated heterocycles. The number of rotatable bonds is 6. The van der Waals surface area contributed by atoms with E-state index in [0.717, 1.165) is 13.0 Å². The Balaban J connectivity index is 1.56. The third-order valence-electron chi connectivity index (χ3n) is 3.42. The van der Waals surface area contributed by atoms with E-state index in [2.05, 4.69) is 17.4 Å². The van der Waals surface area contributed by atoms with Crippen LogP contribution in [-0.2, 0) is 6.42 Å². The SMILES string of the molecule is FC(F)(F)CCCCNCC1Cc2ccccc21. The van der Waals surface area contributed by atoms with Crippen LogP contribution in [0.2, 0.25) is 0 Å². The summed E-state index contributed by atoms with van der Waals surface area (Å²) in [6.07, 6.45) is -2.77. The molecule has 0 amide bonds. The van der Waals surface area contributed by atoms with Crippen LogP contribution in [0, 0.1) is 0 Å². The van der Waals surface area contributed by atoms with Crippen molar-refractivity contribution in [2.24, 2.45) is 0 Å². The summed E-state index contributed by atoms with van der Waals surface area (Å²) in [4.78, 5) is 0. The fraction of sp³-hybridized carbons (Fsp3) is 0.571. The minimum atomic E-state index is -4.01. The minimum absolute atomic E-state index is 0.220. The number of nitrogens with one attached hydrogen (secondary N) is 1. The monoisotopic (exact) mass is 257 g/mol. The van der Waals surface area contributed by atoms with Gasteiger partial charge in [-0.25, -0.2) is 0 Å². The lowest BCUT2D eigenvalue weighted by Crippen LogP contribution is -2.29. The van der Waals surface area contributed by atoms with Crippen LogP contribution in [0.5, 0.6) is 0 Å². The summed E-state index contributed by atoms with van der Waals surface area (Å²) in [5.74, 6) is 0.545. The predicted octanol–water partition coefficient (Wildman–Crippen LogP) is 3.65. The normalized spacial score (nSPS) is 18.3. The molecule has 1 aliphatic carbocycles. The van der Waals surface area contributed by atoms with Crippen LogP contribution in [0.3, 0.4) is 0 Å². The van der Waals surface area contributed by atoms with Crippen molar-refractivity contribution in [2.45, 2.75) is 37.8 Å². The zero-order chi connectivity index (χ0) is 13.0. The molecule has 100 valence electrons. The van der Waals surface area contributed by atoms with Crippen molar-refractivity contribution in [2.75, 3.05) is 13.1 Å². The van der Waals surface area contributed by atoms with Gasteiger partial charge in [0.15, 0.2) is 0 Å². The van der Waals surface area contributed by atoms with Crippen molar-refractivity contribution in [3.63, 3.8) is 0 Å². The molecule has 1 aliphatic rings. The van der Waals surface area contributed by atoms with Gasteiger partial charge in [0, 0.05) is 18.9 Å². The molecule has 1 unspecified atom stereocenters. The van der Waals surface area contributed by atoms with E-state index < -0.39 is 12.6 Å². The summed E-state index contributed by atoms with van der Waals surface area (Å²) in [5, 5.41) is 3.25. The first-order valence-corrected chi connectivity index (χ1v) is 6.41. The number of hydrogen-bond donors (Lipinski definition) is 1. The maximum atomic E-state index is 11.9. The topological polar surface area (TPSA) is 12.0 Å². The summed E-state index contributed by atoms with van der Waals surface area (Å²) in [7, 11) is 0. The highest BCUT2D eigenvalue weighted by Gasteiger charge is 2.26. The van der Waals surface area contributed by atoms with Gasteiger partial charge in [0.05, 0.1) is 0 Å². The standard InChI is InChI=1S/C14H18F3N/c15-14(16,17)7-3-4-8-18-10-12-9-11-5-1-2-6-13(11)12/h1-2,5-6,12,18H,3-4,7-10H2. The van der Waals surface area contributed by atoms with E-state index in [-0.39, 0.29) is 6.42 Å². The van der Waals surface area contributed by atoms with Gasteiger partial charge in [-0.1, -0.05) is 24.3 Å². The lowest BCUT2D eigenvalue weighted by Gasteiger charge is -2.30. The molecular weight excluding hydrogens is 239 g/mol. The van der Waals surface area contributed by atoms with Gasteiger partial charge >= 0.3 is 6.18 Å². The molecule has 0 bridgehead atoms. The van der Waals surface area contributed by atoms with E-state index in [1.807, 2.05) is 12.1 Å². The van der Waals surface area contributed by atoms with Gasteiger partial charge in [-0.05, 0) is 36.9 Å². The molecule has 0 aromatic heterocycles. The molecule has 1 aromatic carbocycles. The number of benzene rings is 1. The molecule has 1 nitrogen and oxygen atoms in total. The van der Waals surface area contributed by atoms with Gasteiger partial charge in [-0.2, -0.15) is 13.2 Å². The Morgan fingerprint density at radius 3 is 2.67 bits per heavy atom. The second-order valence-corrected chi connectivity index (χ2v) is 4.88. The van der Waals surface area contributed by atoms with Crippen LogP contribution in [0.4, 0.5) is 13.2 Å². The van der Waals surface area contributed by atoms with Crippen LogP contribution in [0.25, 0.3) is 0 Å². The van der Waals surface area contributed by atoms with Gasteiger partial charge < -0.3 is 5.32 Å². The van der Waals surface area contributed by atoms with E-state index in [9.17, 15) is 13.2 Å². The summed E-state index contributed by atoms with van der Waals surface area (Å²) in [5.41, 5.74) is 2.79. The zero-order valence-electron chi connectivity index (χ0n) is 10.3. The Morgan fingerprint density at radius 1 is 1.17 bits per heavy atom. The molecule has 1 aromatic rings.